The van der Waals surface area contributed by atoms with Crippen LogP contribution in [0.2, 0.25) is 0 Å². The smallest absolute Gasteiger partial charge is 0.306 e. The van der Waals surface area contributed by atoms with Gasteiger partial charge in [0.15, 0.2) is 0 Å². The highest BCUT2D eigenvalue weighted by atomic mass is 16.5. The zero-order valence-electron chi connectivity index (χ0n) is 31.4. The minimum atomic E-state index is -0.0137. The molecule has 1 aliphatic rings. The van der Waals surface area contributed by atoms with Gasteiger partial charge in [0, 0.05) is 19.4 Å². The van der Waals surface area contributed by atoms with E-state index in [9.17, 15) is 9.90 Å². The molecule has 1 unspecified atom stereocenters. The molecule has 1 N–H and O–H groups in total. The Kier molecular flexibility index (Phi) is 29.1. The van der Waals surface area contributed by atoms with Crippen LogP contribution in [0, 0.1) is 0 Å². The number of ether oxygens (including phenoxy) is 2. The number of esters is 1. The van der Waals surface area contributed by atoms with Gasteiger partial charge in [0.1, 0.15) is 6.10 Å². The third kappa shape index (κ3) is 24.1. The molecule has 0 bridgehead atoms. The van der Waals surface area contributed by atoms with Gasteiger partial charge in [0.2, 0.25) is 0 Å². The van der Waals surface area contributed by atoms with Crippen LogP contribution in [0.4, 0.5) is 0 Å². The summed E-state index contributed by atoms with van der Waals surface area (Å²) in [4.78, 5) is 15.7. The average molecular weight is 650 g/mol. The van der Waals surface area contributed by atoms with Crippen LogP contribution in [-0.2, 0) is 14.3 Å². The fraction of sp³-hybridized carbons (Fsp3) is 0.927. The molecule has 0 saturated carbocycles. The predicted molar refractivity (Wildman–Crippen MR) is 197 cm³/mol. The summed E-state index contributed by atoms with van der Waals surface area (Å²) in [7, 11) is 0. The molecule has 46 heavy (non-hydrogen) atoms. The van der Waals surface area contributed by atoms with E-state index in [1.165, 1.54) is 121 Å². The molecule has 0 aromatic heterocycles. The molecule has 1 atom stereocenters. The van der Waals surface area contributed by atoms with Crippen molar-refractivity contribution in [2.45, 2.75) is 220 Å². The fourth-order valence-electron chi connectivity index (χ4n) is 6.92. The lowest BCUT2D eigenvalue weighted by Gasteiger charge is -2.26. The van der Waals surface area contributed by atoms with E-state index < -0.39 is 0 Å². The summed E-state index contributed by atoms with van der Waals surface area (Å²) in [5.41, 5.74) is 1.35. The first kappa shape index (κ1) is 43.0. The van der Waals surface area contributed by atoms with E-state index in [2.05, 4.69) is 32.6 Å². The second kappa shape index (κ2) is 31.2. The van der Waals surface area contributed by atoms with Crippen LogP contribution in [0.25, 0.3) is 0 Å². The zero-order valence-corrected chi connectivity index (χ0v) is 31.4. The Labute approximate surface area is 287 Å². The van der Waals surface area contributed by atoms with Crippen molar-refractivity contribution in [3.05, 3.63) is 11.3 Å². The van der Waals surface area contributed by atoms with Gasteiger partial charge in [0.05, 0.1) is 18.5 Å². The van der Waals surface area contributed by atoms with E-state index in [-0.39, 0.29) is 24.8 Å². The molecule has 5 heteroatoms. The normalized spacial score (nSPS) is 17.3. The number of rotatable bonds is 29. The van der Waals surface area contributed by atoms with Crippen molar-refractivity contribution in [2.75, 3.05) is 26.2 Å². The molecule has 0 spiro atoms. The van der Waals surface area contributed by atoms with Crippen molar-refractivity contribution in [1.82, 2.24) is 4.90 Å². The van der Waals surface area contributed by atoms with Crippen molar-refractivity contribution in [3.63, 3.8) is 0 Å². The van der Waals surface area contributed by atoms with Crippen molar-refractivity contribution in [1.29, 1.82) is 0 Å². The molecular formula is C41H79NO4. The number of allylic oxidation sites excluding steroid dienone is 2. The second-order valence-electron chi connectivity index (χ2n) is 14.4. The highest BCUT2D eigenvalue weighted by molar-refractivity contribution is 5.69. The summed E-state index contributed by atoms with van der Waals surface area (Å²) in [5.74, 6) is 1.13. The predicted octanol–water partition coefficient (Wildman–Crippen LogP) is 11.8. The van der Waals surface area contributed by atoms with Crippen molar-refractivity contribution in [2.24, 2.45) is 0 Å². The maximum Gasteiger partial charge on any atom is 0.306 e. The topological polar surface area (TPSA) is 59.0 Å². The molecule has 272 valence electrons. The van der Waals surface area contributed by atoms with E-state index in [4.69, 9.17) is 9.47 Å². The highest BCUT2D eigenvalue weighted by Crippen LogP contribution is 2.27. The van der Waals surface area contributed by atoms with E-state index in [0.717, 1.165) is 83.2 Å². The Morgan fingerprint density at radius 1 is 0.696 bits per heavy atom. The van der Waals surface area contributed by atoms with E-state index in [0.29, 0.717) is 6.42 Å². The molecule has 0 fully saturated rings. The lowest BCUT2D eigenvalue weighted by molar-refractivity contribution is -0.149. The molecule has 1 aliphatic heterocycles. The van der Waals surface area contributed by atoms with Gasteiger partial charge in [-0.3, -0.25) is 4.79 Å². The largest absolute Gasteiger partial charge is 0.495 e. The van der Waals surface area contributed by atoms with Crippen molar-refractivity contribution >= 4 is 5.97 Å². The SMILES string of the molecule is CCCCCCCCC(C)O/C1=C(\CCC(=O)OC(CCCCCCCC)CCCCCCCC)CCCCN(CCO)CCC1. The number of hydrogen-bond acceptors (Lipinski definition) is 5. The Balaban J connectivity index is 2.79. The van der Waals surface area contributed by atoms with Crippen LogP contribution < -0.4 is 0 Å². The van der Waals surface area contributed by atoms with Crippen LogP contribution in [0.3, 0.4) is 0 Å². The summed E-state index contributed by atoms with van der Waals surface area (Å²) < 4.78 is 12.9. The van der Waals surface area contributed by atoms with Crippen LogP contribution >= 0.6 is 0 Å². The van der Waals surface area contributed by atoms with Crippen LogP contribution in [0.5, 0.6) is 0 Å². The number of carbonyl (C=O) groups is 1. The summed E-state index contributed by atoms with van der Waals surface area (Å²) in [6, 6.07) is 0. The first-order chi connectivity index (χ1) is 22.5. The standard InChI is InChI=1S/C41H79NO4/c1-5-8-11-14-17-20-26-37(4)45-40-30-25-34-42(35-36-43)33-24-23-27-38(40)31-32-41(44)46-39(28-21-18-15-12-9-6-2)29-22-19-16-13-10-7-3/h37,39,43H,5-36H2,1-4H3/b40-38-. The Morgan fingerprint density at radius 3 is 1.78 bits per heavy atom. The molecule has 1 heterocycles. The number of unbranched alkanes of at least 4 members (excludes halogenated alkanes) is 15. The van der Waals surface area contributed by atoms with Gasteiger partial charge in [-0.15, -0.1) is 0 Å². The molecule has 0 aromatic carbocycles. The molecule has 0 aromatic rings. The van der Waals surface area contributed by atoms with E-state index >= 15 is 0 Å². The van der Waals surface area contributed by atoms with E-state index in [1.807, 2.05) is 0 Å². The van der Waals surface area contributed by atoms with Gasteiger partial charge in [-0.2, -0.15) is 0 Å². The summed E-state index contributed by atoms with van der Waals surface area (Å²) >= 11 is 0. The van der Waals surface area contributed by atoms with Gasteiger partial charge >= 0.3 is 5.97 Å². The maximum absolute atomic E-state index is 13.3. The zero-order chi connectivity index (χ0) is 33.5. The first-order valence-corrected chi connectivity index (χ1v) is 20.4. The number of aliphatic hydroxyl groups excluding tert-OH is 1. The van der Waals surface area contributed by atoms with Crippen molar-refractivity contribution < 1.29 is 19.4 Å². The molecule has 0 saturated heterocycles. The van der Waals surface area contributed by atoms with E-state index in [1.54, 1.807) is 0 Å². The lowest BCUT2D eigenvalue weighted by Crippen LogP contribution is -2.29. The first-order valence-electron chi connectivity index (χ1n) is 20.4. The highest BCUT2D eigenvalue weighted by Gasteiger charge is 2.19. The monoisotopic (exact) mass is 650 g/mol. The molecular weight excluding hydrogens is 570 g/mol. The third-order valence-electron chi connectivity index (χ3n) is 9.89. The van der Waals surface area contributed by atoms with Crippen molar-refractivity contribution in [3.8, 4) is 0 Å². The Morgan fingerprint density at radius 2 is 1.22 bits per heavy atom. The maximum atomic E-state index is 13.3. The van der Waals surface area contributed by atoms with Gasteiger partial charge in [0.25, 0.3) is 0 Å². The second-order valence-corrected chi connectivity index (χ2v) is 14.4. The molecule has 0 radical (unpaired) electrons. The molecule has 5 nitrogen and oxygen atoms in total. The lowest BCUT2D eigenvalue weighted by atomic mass is 9.98. The minimum Gasteiger partial charge on any atom is -0.495 e. The molecule has 0 amide bonds. The fourth-order valence-corrected chi connectivity index (χ4v) is 6.92. The Bertz CT molecular complexity index is 707. The van der Waals surface area contributed by atoms with Crippen LogP contribution in [0.1, 0.15) is 207 Å². The average Bonchev–Trinajstić information content (AvgIpc) is 3.04. The summed E-state index contributed by atoms with van der Waals surface area (Å²) in [6.07, 6.45) is 33.0. The summed E-state index contributed by atoms with van der Waals surface area (Å²) in [5, 5.41) is 9.52. The number of β-amino-alcohol motifs (C(OH)–C–C–N with tert-alkyl or cyclic N) is 1. The number of carbonyl (C=O) groups excluding carboxylic acids is 1. The van der Waals surface area contributed by atoms with Gasteiger partial charge in [-0.1, -0.05) is 117 Å². The van der Waals surface area contributed by atoms with Gasteiger partial charge < -0.3 is 19.5 Å². The van der Waals surface area contributed by atoms with Gasteiger partial charge in [-0.05, 0) is 96.2 Å². The Hall–Kier alpha value is -1.07. The summed E-state index contributed by atoms with van der Waals surface area (Å²) in [6.45, 7) is 12.1. The minimum absolute atomic E-state index is 0.0137. The quantitative estimate of drug-likeness (QED) is 0.0645. The molecule has 1 rings (SSSR count). The third-order valence-corrected chi connectivity index (χ3v) is 9.89. The van der Waals surface area contributed by atoms with Gasteiger partial charge in [-0.25, -0.2) is 0 Å². The molecule has 0 aliphatic carbocycles. The number of hydrogen-bond donors (Lipinski definition) is 1. The van der Waals surface area contributed by atoms with Crippen LogP contribution in [-0.4, -0.2) is 54.4 Å². The number of nitrogens with zero attached hydrogens (tertiary/aromatic N) is 1. The van der Waals surface area contributed by atoms with Crippen LogP contribution in [0.15, 0.2) is 11.3 Å². The number of aliphatic hydroxyl groups is 1.